The lowest BCUT2D eigenvalue weighted by Gasteiger charge is -2.19. The van der Waals surface area contributed by atoms with Crippen molar-refractivity contribution in [1.29, 1.82) is 0 Å². The maximum Gasteiger partial charge on any atom is 0.0482 e. The summed E-state index contributed by atoms with van der Waals surface area (Å²) in [6.07, 6.45) is 6.14. The third-order valence-electron chi connectivity index (χ3n) is 3.46. The quantitative estimate of drug-likeness (QED) is 0.768. The number of pyridine rings is 1. The van der Waals surface area contributed by atoms with Gasteiger partial charge in [-0.3, -0.25) is 4.98 Å². The van der Waals surface area contributed by atoms with Gasteiger partial charge in [0.1, 0.15) is 0 Å². The number of aryl methyl sites for hydroxylation is 1. The van der Waals surface area contributed by atoms with Gasteiger partial charge in [-0.05, 0) is 37.3 Å². The van der Waals surface area contributed by atoms with Crippen molar-refractivity contribution in [1.82, 2.24) is 4.98 Å². The van der Waals surface area contributed by atoms with Crippen molar-refractivity contribution in [2.75, 3.05) is 13.2 Å². The molecule has 17 heavy (non-hydrogen) atoms. The molecule has 0 aliphatic heterocycles. The van der Waals surface area contributed by atoms with Gasteiger partial charge in [-0.2, -0.15) is 0 Å². The van der Waals surface area contributed by atoms with Crippen molar-refractivity contribution >= 4 is 0 Å². The summed E-state index contributed by atoms with van der Waals surface area (Å²) < 4.78 is 5.50. The second-order valence-electron chi connectivity index (χ2n) is 4.76. The summed E-state index contributed by atoms with van der Waals surface area (Å²) in [7, 11) is 0. The van der Waals surface area contributed by atoms with Crippen molar-refractivity contribution in [3.05, 3.63) is 29.6 Å². The van der Waals surface area contributed by atoms with E-state index in [-0.39, 0.29) is 6.04 Å². The van der Waals surface area contributed by atoms with Crippen LogP contribution in [0.5, 0.6) is 0 Å². The minimum Gasteiger partial charge on any atom is -0.381 e. The Morgan fingerprint density at radius 2 is 2.41 bits per heavy atom. The zero-order valence-corrected chi connectivity index (χ0v) is 10.6. The van der Waals surface area contributed by atoms with Gasteiger partial charge < -0.3 is 10.5 Å². The molecule has 0 saturated carbocycles. The molecule has 2 rings (SSSR count). The number of aromatic nitrogens is 1. The average molecular weight is 234 g/mol. The molecule has 0 aromatic carbocycles. The van der Waals surface area contributed by atoms with E-state index in [0.717, 1.165) is 38.9 Å². The Hall–Kier alpha value is -0.930. The fraction of sp³-hybridized carbons (Fsp3) is 0.643. The van der Waals surface area contributed by atoms with E-state index in [1.807, 2.05) is 12.3 Å². The van der Waals surface area contributed by atoms with Crippen molar-refractivity contribution < 1.29 is 4.74 Å². The highest BCUT2D eigenvalue weighted by Crippen LogP contribution is 2.33. The van der Waals surface area contributed by atoms with E-state index in [1.54, 1.807) is 0 Å². The first-order valence-electron chi connectivity index (χ1n) is 6.60. The van der Waals surface area contributed by atoms with Crippen LogP contribution in [0, 0.1) is 0 Å². The van der Waals surface area contributed by atoms with Gasteiger partial charge in [0.25, 0.3) is 0 Å². The van der Waals surface area contributed by atoms with Crippen LogP contribution in [0.4, 0.5) is 0 Å². The lowest BCUT2D eigenvalue weighted by Crippen LogP contribution is -2.29. The van der Waals surface area contributed by atoms with Crippen molar-refractivity contribution in [3.8, 4) is 0 Å². The molecule has 0 spiro atoms. The lowest BCUT2D eigenvalue weighted by molar-refractivity contribution is 0.125. The number of rotatable bonds is 6. The summed E-state index contributed by atoms with van der Waals surface area (Å²) in [6.45, 7) is 3.73. The fourth-order valence-corrected chi connectivity index (χ4v) is 2.53. The van der Waals surface area contributed by atoms with Gasteiger partial charge in [0, 0.05) is 37.1 Å². The van der Waals surface area contributed by atoms with Gasteiger partial charge in [-0.25, -0.2) is 0 Å². The van der Waals surface area contributed by atoms with Crippen LogP contribution >= 0.6 is 0 Å². The van der Waals surface area contributed by atoms with E-state index in [1.165, 1.54) is 11.3 Å². The Morgan fingerprint density at radius 3 is 3.24 bits per heavy atom. The van der Waals surface area contributed by atoms with Crippen LogP contribution in [0.3, 0.4) is 0 Å². The molecule has 1 aromatic heterocycles. The molecule has 3 heteroatoms. The SMILES string of the molecule is CCCOCCC(N)C1CCc2cccnc21. The van der Waals surface area contributed by atoms with Crippen molar-refractivity contribution in [3.63, 3.8) is 0 Å². The molecule has 2 N–H and O–H groups in total. The summed E-state index contributed by atoms with van der Waals surface area (Å²) in [6, 6.07) is 4.36. The van der Waals surface area contributed by atoms with E-state index < -0.39 is 0 Å². The molecule has 0 bridgehead atoms. The van der Waals surface area contributed by atoms with Gasteiger partial charge in [-0.15, -0.1) is 0 Å². The Balaban J connectivity index is 1.87. The van der Waals surface area contributed by atoms with Crippen LogP contribution < -0.4 is 5.73 Å². The molecule has 2 atom stereocenters. The van der Waals surface area contributed by atoms with Crippen LogP contribution in [0.1, 0.15) is 43.4 Å². The monoisotopic (exact) mass is 234 g/mol. The highest BCUT2D eigenvalue weighted by atomic mass is 16.5. The van der Waals surface area contributed by atoms with Crippen LogP contribution in [-0.2, 0) is 11.2 Å². The first-order chi connectivity index (χ1) is 8.33. The van der Waals surface area contributed by atoms with Crippen molar-refractivity contribution in [2.45, 2.75) is 44.6 Å². The highest BCUT2D eigenvalue weighted by Gasteiger charge is 2.28. The standard InChI is InChI=1S/C14H22N2O/c1-2-9-17-10-7-13(15)12-6-5-11-4-3-8-16-14(11)12/h3-4,8,12-13H,2,5-7,9-10,15H2,1H3. The number of nitrogens with two attached hydrogens (primary N) is 1. The normalized spacial score (nSPS) is 20.2. The van der Waals surface area contributed by atoms with Crippen molar-refractivity contribution in [2.24, 2.45) is 5.73 Å². The van der Waals surface area contributed by atoms with Crippen LogP contribution in [-0.4, -0.2) is 24.2 Å². The van der Waals surface area contributed by atoms with E-state index >= 15 is 0 Å². The smallest absolute Gasteiger partial charge is 0.0482 e. The largest absolute Gasteiger partial charge is 0.381 e. The van der Waals surface area contributed by atoms with Gasteiger partial charge in [0.05, 0.1) is 0 Å². The maximum atomic E-state index is 6.26. The predicted octanol–water partition coefficient (Wildman–Crippen LogP) is 2.26. The first-order valence-corrected chi connectivity index (χ1v) is 6.60. The number of fused-ring (bicyclic) bond motifs is 1. The minimum atomic E-state index is 0.183. The molecule has 1 heterocycles. The van der Waals surface area contributed by atoms with E-state index in [2.05, 4.69) is 18.0 Å². The van der Waals surface area contributed by atoms with Gasteiger partial charge >= 0.3 is 0 Å². The van der Waals surface area contributed by atoms with Crippen LogP contribution in [0.15, 0.2) is 18.3 Å². The number of hydrogen-bond donors (Lipinski definition) is 1. The summed E-state index contributed by atoms with van der Waals surface area (Å²) >= 11 is 0. The zero-order valence-electron chi connectivity index (χ0n) is 10.6. The molecule has 0 radical (unpaired) electrons. The third-order valence-corrected chi connectivity index (χ3v) is 3.46. The first kappa shape index (κ1) is 12.5. The second-order valence-corrected chi connectivity index (χ2v) is 4.76. The fourth-order valence-electron chi connectivity index (χ4n) is 2.53. The summed E-state index contributed by atoms with van der Waals surface area (Å²) in [4.78, 5) is 4.49. The van der Waals surface area contributed by atoms with E-state index in [0.29, 0.717) is 5.92 Å². The summed E-state index contributed by atoms with van der Waals surface area (Å²) in [5.74, 6) is 0.427. The van der Waals surface area contributed by atoms with Crippen LogP contribution in [0.25, 0.3) is 0 Å². The Bertz CT molecular complexity index is 354. The summed E-state index contributed by atoms with van der Waals surface area (Å²) in [5, 5.41) is 0. The number of nitrogens with zero attached hydrogens (tertiary/aromatic N) is 1. The maximum absolute atomic E-state index is 6.26. The van der Waals surface area contributed by atoms with Crippen LogP contribution in [0.2, 0.25) is 0 Å². The van der Waals surface area contributed by atoms with Gasteiger partial charge in [0.15, 0.2) is 0 Å². The predicted molar refractivity (Wildman–Crippen MR) is 69.0 cm³/mol. The highest BCUT2D eigenvalue weighted by molar-refractivity contribution is 5.29. The Labute approximate surface area is 103 Å². The Morgan fingerprint density at radius 1 is 1.53 bits per heavy atom. The van der Waals surface area contributed by atoms with Gasteiger partial charge in [-0.1, -0.05) is 13.0 Å². The molecule has 0 saturated heterocycles. The molecule has 94 valence electrons. The van der Waals surface area contributed by atoms with Gasteiger partial charge in [0.2, 0.25) is 0 Å². The van der Waals surface area contributed by atoms with E-state index in [9.17, 15) is 0 Å². The zero-order chi connectivity index (χ0) is 12.1. The molecule has 0 fully saturated rings. The molecule has 2 unspecified atom stereocenters. The number of hydrogen-bond acceptors (Lipinski definition) is 3. The third kappa shape index (κ3) is 3.05. The molecular formula is C14H22N2O. The minimum absolute atomic E-state index is 0.183. The summed E-state index contributed by atoms with van der Waals surface area (Å²) in [5.41, 5.74) is 8.85. The molecule has 3 nitrogen and oxygen atoms in total. The molecule has 1 aliphatic rings. The molecule has 0 amide bonds. The topological polar surface area (TPSA) is 48.1 Å². The Kier molecular flexibility index (Phi) is 4.51. The molecule has 1 aromatic rings. The average Bonchev–Trinajstić information content (AvgIpc) is 2.78. The lowest BCUT2D eigenvalue weighted by atomic mass is 9.95. The molecular weight excluding hydrogens is 212 g/mol. The molecule has 1 aliphatic carbocycles. The number of ether oxygens (including phenoxy) is 1. The second kappa shape index (κ2) is 6.12. The van der Waals surface area contributed by atoms with E-state index in [4.69, 9.17) is 10.5 Å².